The molecule has 0 saturated carbocycles. The fourth-order valence-corrected chi connectivity index (χ4v) is 8.06. The van der Waals surface area contributed by atoms with Crippen molar-refractivity contribution in [3.05, 3.63) is 216 Å². The molecule has 0 fully saturated rings. The molecule has 3 nitrogen and oxygen atoms in total. The van der Waals surface area contributed by atoms with Crippen LogP contribution < -0.4 is 5.73 Å². The molecule has 53 heavy (non-hydrogen) atoms. The molecule has 256 valence electrons. The molecular formula is C50H41N3. The van der Waals surface area contributed by atoms with Gasteiger partial charge in [0.05, 0.1) is 11.0 Å². The fourth-order valence-electron chi connectivity index (χ4n) is 8.06. The molecule has 7 aromatic carbocycles. The summed E-state index contributed by atoms with van der Waals surface area (Å²) in [6.45, 7) is 2.50. The Hall–Kier alpha value is -6.71. The molecule has 2 atom stereocenters. The smallest absolute Gasteiger partial charge is 0.0541 e. The third-order valence-electron chi connectivity index (χ3n) is 10.4. The molecule has 1 heterocycles. The van der Waals surface area contributed by atoms with E-state index in [1.165, 1.54) is 66.3 Å². The second-order valence-corrected chi connectivity index (χ2v) is 13.5. The molecule has 2 aliphatic carbocycles. The molecule has 1 aromatic heterocycles. The van der Waals surface area contributed by atoms with Gasteiger partial charge >= 0.3 is 0 Å². The largest absolute Gasteiger partial charge is 0.399 e. The number of nitrogens with two attached hydrogens (primary N) is 1. The summed E-state index contributed by atoms with van der Waals surface area (Å²) in [6.07, 6.45) is 8.28. The maximum Gasteiger partial charge on any atom is 0.0541 e. The number of para-hydroxylation sites is 2. The zero-order valence-electron chi connectivity index (χ0n) is 29.6. The van der Waals surface area contributed by atoms with Crippen LogP contribution in [-0.2, 0) is 6.42 Å². The van der Waals surface area contributed by atoms with Crippen LogP contribution in [0, 0.1) is 5.41 Å². The van der Waals surface area contributed by atoms with Gasteiger partial charge in [-0.1, -0.05) is 158 Å². The Bertz CT molecular complexity index is 2540. The molecular weight excluding hydrogens is 643 g/mol. The van der Waals surface area contributed by atoms with Crippen molar-refractivity contribution in [2.75, 3.05) is 5.73 Å². The standard InChI is InChI=1S/C31H24.C18H14N2.CH3N/c1-3-9-22(10-4-1)19-23-15-17-29-30(20-23)27-14-8-7-13-26(27)28-18-16-25(21-31(28)29)24-11-5-2-6-12-24;19-13-6-5-7-14(12-13)20-17-10-3-1-8-15(17)16-9-2-4-11-18(16)20;1-2/h1-18,20-21,29-30H,19H2;1-12H,19H2;2H,1H2. The maximum absolute atomic E-state index is 5.94. The molecule has 10 rings (SSSR count). The van der Waals surface area contributed by atoms with Crippen molar-refractivity contribution in [1.82, 2.24) is 4.57 Å². The quantitative estimate of drug-likeness (QED) is 0.141. The van der Waals surface area contributed by atoms with Crippen molar-refractivity contribution in [3.8, 4) is 27.9 Å². The maximum atomic E-state index is 5.94. The van der Waals surface area contributed by atoms with E-state index in [1.807, 2.05) is 18.2 Å². The van der Waals surface area contributed by atoms with Gasteiger partial charge in [0.2, 0.25) is 0 Å². The Balaban J connectivity index is 0.000000157. The minimum absolute atomic E-state index is 0.382. The van der Waals surface area contributed by atoms with Gasteiger partial charge in [-0.25, -0.2) is 0 Å². The van der Waals surface area contributed by atoms with E-state index in [9.17, 15) is 0 Å². The van der Waals surface area contributed by atoms with Crippen LogP contribution in [0.25, 0.3) is 49.7 Å². The lowest BCUT2D eigenvalue weighted by molar-refractivity contribution is 0.711. The summed E-state index contributed by atoms with van der Waals surface area (Å²) in [7, 11) is 0. The van der Waals surface area contributed by atoms with E-state index < -0.39 is 0 Å². The Kier molecular flexibility index (Phi) is 9.38. The molecule has 0 radical (unpaired) electrons. The van der Waals surface area contributed by atoms with Gasteiger partial charge < -0.3 is 15.7 Å². The fraction of sp³-hybridized carbons (Fsp3) is 0.0600. The first kappa shape index (κ1) is 33.4. The number of hydrogen-bond acceptors (Lipinski definition) is 2. The first-order valence-corrected chi connectivity index (χ1v) is 18.1. The molecule has 3 heteroatoms. The van der Waals surface area contributed by atoms with E-state index in [2.05, 4.69) is 187 Å². The summed E-state index contributed by atoms with van der Waals surface area (Å²) in [5, 5.41) is 8.04. The minimum atomic E-state index is 0.382. The van der Waals surface area contributed by atoms with Gasteiger partial charge in [0.1, 0.15) is 0 Å². The third kappa shape index (κ3) is 6.50. The number of allylic oxidation sites excluding steroid dienone is 4. The number of benzene rings is 7. The summed E-state index contributed by atoms with van der Waals surface area (Å²) in [5.41, 5.74) is 21.2. The highest BCUT2D eigenvalue weighted by Crippen LogP contribution is 2.51. The van der Waals surface area contributed by atoms with Crippen LogP contribution in [0.5, 0.6) is 0 Å². The number of nitrogens with zero attached hydrogens (tertiary/aromatic N) is 1. The summed E-state index contributed by atoms with van der Waals surface area (Å²) < 4.78 is 2.26. The Morgan fingerprint density at radius 2 is 1.15 bits per heavy atom. The molecule has 2 unspecified atom stereocenters. The summed E-state index contributed by atoms with van der Waals surface area (Å²) in [6, 6.07) is 62.4. The van der Waals surface area contributed by atoms with Gasteiger partial charge in [0.15, 0.2) is 0 Å². The van der Waals surface area contributed by atoms with Gasteiger partial charge in [-0.3, -0.25) is 0 Å². The second kappa shape index (κ2) is 14.9. The van der Waals surface area contributed by atoms with Crippen LogP contribution in [0.3, 0.4) is 0 Å². The minimum Gasteiger partial charge on any atom is -0.399 e. The predicted molar refractivity (Wildman–Crippen MR) is 225 cm³/mol. The van der Waals surface area contributed by atoms with Crippen molar-refractivity contribution in [3.63, 3.8) is 0 Å². The highest BCUT2D eigenvalue weighted by molar-refractivity contribution is 6.09. The Labute approximate surface area is 311 Å². The first-order valence-electron chi connectivity index (χ1n) is 18.1. The van der Waals surface area contributed by atoms with Gasteiger partial charge in [-0.2, -0.15) is 0 Å². The molecule has 0 saturated heterocycles. The molecule has 0 amide bonds. The molecule has 8 aromatic rings. The number of anilines is 1. The number of rotatable bonds is 4. The van der Waals surface area contributed by atoms with Gasteiger partial charge in [0.25, 0.3) is 0 Å². The summed E-state index contributed by atoms with van der Waals surface area (Å²) >= 11 is 0. The molecule has 2 aliphatic rings. The van der Waals surface area contributed by atoms with E-state index in [1.54, 1.807) is 0 Å². The second-order valence-electron chi connectivity index (χ2n) is 13.5. The SMILES string of the molecule is C1=CC2c3cc(-c4ccccc4)ccc3-c3ccccc3C2C=C1Cc1ccccc1.C=N.Nc1cccc(-n2c3ccccc3c3ccccc32)c1. The van der Waals surface area contributed by atoms with Crippen LogP contribution in [0.2, 0.25) is 0 Å². The third-order valence-corrected chi connectivity index (χ3v) is 10.4. The zero-order chi connectivity index (χ0) is 36.1. The number of aromatic nitrogens is 1. The van der Waals surface area contributed by atoms with Crippen LogP contribution in [-0.4, -0.2) is 11.3 Å². The summed E-state index contributed by atoms with van der Waals surface area (Å²) in [5.74, 6) is 0.770. The molecule has 3 N–H and O–H groups in total. The van der Waals surface area contributed by atoms with Gasteiger partial charge in [0, 0.05) is 34.0 Å². The van der Waals surface area contributed by atoms with Crippen molar-refractivity contribution < 1.29 is 0 Å². The van der Waals surface area contributed by atoms with Gasteiger partial charge in [-0.05, 0) is 94.1 Å². The molecule has 0 aliphatic heterocycles. The van der Waals surface area contributed by atoms with Crippen LogP contribution in [0.1, 0.15) is 28.5 Å². The van der Waals surface area contributed by atoms with Crippen molar-refractivity contribution in [1.29, 1.82) is 5.41 Å². The van der Waals surface area contributed by atoms with Crippen molar-refractivity contribution in [2.45, 2.75) is 18.3 Å². The summed E-state index contributed by atoms with van der Waals surface area (Å²) in [4.78, 5) is 0. The van der Waals surface area contributed by atoms with E-state index >= 15 is 0 Å². The van der Waals surface area contributed by atoms with Crippen LogP contribution in [0.15, 0.2) is 200 Å². The number of hydrogen-bond donors (Lipinski definition) is 2. The monoisotopic (exact) mass is 683 g/mol. The van der Waals surface area contributed by atoms with E-state index in [0.29, 0.717) is 11.8 Å². The predicted octanol–water partition coefficient (Wildman–Crippen LogP) is 12.6. The van der Waals surface area contributed by atoms with Crippen LogP contribution in [0.4, 0.5) is 5.69 Å². The van der Waals surface area contributed by atoms with Crippen LogP contribution >= 0.6 is 0 Å². The molecule has 0 bridgehead atoms. The highest BCUT2D eigenvalue weighted by atomic mass is 15.0. The Morgan fingerprint density at radius 1 is 0.528 bits per heavy atom. The average Bonchev–Trinajstić information content (AvgIpc) is 3.57. The number of nitrogen functional groups attached to an aromatic ring is 1. The lowest BCUT2D eigenvalue weighted by atomic mass is 9.68. The van der Waals surface area contributed by atoms with Gasteiger partial charge in [-0.15, -0.1) is 0 Å². The average molecular weight is 684 g/mol. The first-order chi connectivity index (χ1) is 26.2. The van der Waals surface area contributed by atoms with E-state index in [0.717, 1.165) is 17.8 Å². The van der Waals surface area contributed by atoms with E-state index in [4.69, 9.17) is 11.1 Å². The topological polar surface area (TPSA) is 54.8 Å². The lowest BCUT2D eigenvalue weighted by Gasteiger charge is -2.35. The number of nitrogens with one attached hydrogen (secondary N) is 1. The Morgan fingerprint density at radius 3 is 1.87 bits per heavy atom. The molecule has 0 spiro atoms. The van der Waals surface area contributed by atoms with E-state index in [-0.39, 0.29) is 0 Å². The normalized spacial score (nSPS) is 15.1. The number of fused-ring (bicyclic) bond motifs is 9. The zero-order valence-corrected chi connectivity index (χ0v) is 29.6. The van der Waals surface area contributed by atoms with Crippen molar-refractivity contribution in [2.24, 2.45) is 0 Å². The highest BCUT2D eigenvalue weighted by Gasteiger charge is 2.32. The van der Waals surface area contributed by atoms with Crippen molar-refractivity contribution >= 4 is 34.2 Å². The lowest BCUT2D eigenvalue weighted by Crippen LogP contribution is -2.18.